The van der Waals surface area contributed by atoms with Crippen LogP contribution in [0.1, 0.15) is 38.7 Å². The third-order valence-electron chi connectivity index (χ3n) is 3.12. The smallest absolute Gasteiger partial charge is 0.234 e. The van der Waals surface area contributed by atoms with Crippen LogP contribution >= 0.6 is 23.1 Å². The number of para-hydroxylation sites is 1. The van der Waals surface area contributed by atoms with E-state index in [4.69, 9.17) is 0 Å². The number of carbonyl (C=O) groups excluding carboxylic acids is 1. The van der Waals surface area contributed by atoms with Crippen LogP contribution in [-0.4, -0.2) is 28.4 Å². The second kappa shape index (κ2) is 8.88. The maximum Gasteiger partial charge on any atom is 0.234 e. The van der Waals surface area contributed by atoms with Crippen molar-refractivity contribution in [3.8, 4) is 0 Å². The summed E-state index contributed by atoms with van der Waals surface area (Å²) in [5, 5.41) is 15.1. The molecular weight excluding hydrogens is 328 g/mol. The highest BCUT2D eigenvalue weighted by Gasteiger charge is 2.11. The highest BCUT2D eigenvalue weighted by atomic mass is 32.2. The van der Waals surface area contributed by atoms with Crippen molar-refractivity contribution in [2.24, 2.45) is 0 Å². The molecule has 5 nitrogen and oxygen atoms in total. The molecule has 0 unspecified atom stereocenters. The number of benzene rings is 1. The molecule has 2 aromatic rings. The molecule has 0 saturated heterocycles. The maximum absolute atomic E-state index is 12.1. The molecular formula is C16H22N4OS2. The lowest BCUT2D eigenvalue weighted by Gasteiger charge is -2.13. The van der Waals surface area contributed by atoms with Crippen molar-refractivity contribution in [1.29, 1.82) is 0 Å². The summed E-state index contributed by atoms with van der Waals surface area (Å²) in [7, 11) is 0. The quantitative estimate of drug-likeness (QED) is 0.698. The van der Waals surface area contributed by atoms with Gasteiger partial charge in [-0.1, -0.05) is 62.1 Å². The van der Waals surface area contributed by atoms with Gasteiger partial charge in [-0.25, -0.2) is 0 Å². The van der Waals surface area contributed by atoms with Gasteiger partial charge in [-0.3, -0.25) is 4.79 Å². The lowest BCUT2D eigenvalue weighted by Crippen LogP contribution is -2.15. The molecule has 0 fully saturated rings. The van der Waals surface area contributed by atoms with Crippen molar-refractivity contribution < 1.29 is 4.79 Å². The van der Waals surface area contributed by atoms with Crippen molar-refractivity contribution in [2.45, 2.75) is 37.4 Å². The molecule has 2 N–H and O–H groups in total. The Kier molecular flexibility index (Phi) is 6.85. The topological polar surface area (TPSA) is 66.9 Å². The second-order valence-corrected chi connectivity index (χ2v) is 7.58. The molecule has 0 atom stereocenters. The minimum absolute atomic E-state index is 0.0265. The van der Waals surface area contributed by atoms with Crippen molar-refractivity contribution in [3.05, 3.63) is 29.8 Å². The zero-order valence-corrected chi connectivity index (χ0v) is 15.3. The first-order valence-corrected chi connectivity index (χ1v) is 9.49. The average molecular weight is 351 g/mol. The summed E-state index contributed by atoms with van der Waals surface area (Å²) in [6.07, 6.45) is 1.04. The summed E-state index contributed by atoms with van der Waals surface area (Å²) < 4.78 is 0.802. The lowest BCUT2D eigenvalue weighted by molar-refractivity contribution is -0.113. The van der Waals surface area contributed by atoms with E-state index >= 15 is 0 Å². The van der Waals surface area contributed by atoms with Crippen molar-refractivity contribution in [3.63, 3.8) is 0 Å². The molecule has 1 heterocycles. The van der Waals surface area contributed by atoms with Crippen LogP contribution in [0, 0.1) is 0 Å². The number of amides is 1. The molecule has 1 amide bonds. The molecule has 7 heteroatoms. The van der Waals surface area contributed by atoms with E-state index in [1.165, 1.54) is 23.1 Å². The first-order chi connectivity index (χ1) is 11.1. The van der Waals surface area contributed by atoms with Gasteiger partial charge in [0.1, 0.15) is 0 Å². The molecule has 1 aromatic heterocycles. The molecule has 0 radical (unpaired) electrons. The van der Waals surface area contributed by atoms with Gasteiger partial charge < -0.3 is 10.6 Å². The zero-order chi connectivity index (χ0) is 16.7. The SMILES string of the molecule is CCCNc1nnc(SCC(=O)Nc2ccccc2C(C)C)s1. The molecule has 0 aliphatic heterocycles. The van der Waals surface area contributed by atoms with E-state index in [0.717, 1.165) is 33.7 Å². The Hall–Kier alpha value is -1.60. The fourth-order valence-electron chi connectivity index (χ4n) is 2.00. The fraction of sp³-hybridized carbons (Fsp3) is 0.438. The molecule has 0 saturated carbocycles. The summed E-state index contributed by atoms with van der Waals surface area (Å²) in [4.78, 5) is 12.1. The molecule has 0 aliphatic carbocycles. The van der Waals surface area contributed by atoms with Gasteiger partial charge in [0.2, 0.25) is 11.0 Å². The van der Waals surface area contributed by atoms with Crippen LogP contribution in [-0.2, 0) is 4.79 Å². The summed E-state index contributed by atoms with van der Waals surface area (Å²) in [5.41, 5.74) is 2.03. The van der Waals surface area contributed by atoms with Crippen LogP contribution < -0.4 is 10.6 Å². The Morgan fingerprint density at radius 3 is 2.83 bits per heavy atom. The number of rotatable bonds is 8. The monoisotopic (exact) mass is 350 g/mol. The number of carbonyl (C=O) groups is 1. The number of hydrogen-bond donors (Lipinski definition) is 2. The van der Waals surface area contributed by atoms with E-state index < -0.39 is 0 Å². The summed E-state index contributed by atoms with van der Waals surface area (Å²) in [5.74, 6) is 0.672. The van der Waals surface area contributed by atoms with Crippen LogP contribution in [0.4, 0.5) is 10.8 Å². The largest absolute Gasteiger partial charge is 0.360 e. The van der Waals surface area contributed by atoms with Gasteiger partial charge in [-0.2, -0.15) is 0 Å². The van der Waals surface area contributed by atoms with E-state index in [-0.39, 0.29) is 5.91 Å². The molecule has 124 valence electrons. The molecule has 0 bridgehead atoms. The minimum Gasteiger partial charge on any atom is -0.360 e. The molecule has 0 aliphatic rings. The van der Waals surface area contributed by atoms with Crippen molar-refractivity contribution in [1.82, 2.24) is 10.2 Å². The number of thioether (sulfide) groups is 1. The predicted octanol–water partition coefficient (Wildman–Crippen LogP) is 4.21. The highest BCUT2D eigenvalue weighted by molar-refractivity contribution is 8.01. The average Bonchev–Trinajstić information content (AvgIpc) is 2.99. The van der Waals surface area contributed by atoms with Crippen LogP contribution in [0.25, 0.3) is 0 Å². The van der Waals surface area contributed by atoms with Crippen LogP contribution in [0.5, 0.6) is 0 Å². The summed E-state index contributed by atoms with van der Waals surface area (Å²) in [6, 6.07) is 7.91. The van der Waals surface area contributed by atoms with E-state index in [0.29, 0.717) is 11.7 Å². The Balaban J connectivity index is 1.87. The number of aromatic nitrogens is 2. The fourth-order valence-corrected chi connectivity index (χ4v) is 3.58. The Morgan fingerprint density at radius 2 is 2.09 bits per heavy atom. The summed E-state index contributed by atoms with van der Waals surface area (Å²) in [6.45, 7) is 7.21. The maximum atomic E-state index is 12.1. The van der Waals surface area contributed by atoms with Crippen LogP contribution in [0.15, 0.2) is 28.6 Å². The van der Waals surface area contributed by atoms with E-state index in [1.54, 1.807) is 0 Å². The number of hydrogen-bond acceptors (Lipinski definition) is 6. The normalized spacial score (nSPS) is 10.8. The van der Waals surface area contributed by atoms with Gasteiger partial charge in [0.05, 0.1) is 5.75 Å². The Bertz CT molecular complexity index is 643. The van der Waals surface area contributed by atoms with Gasteiger partial charge in [0.15, 0.2) is 4.34 Å². The molecule has 2 rings (SSSR count). The molecule has 1 aromatic carbocycles. The van der Waals surface area contributed by atoms with Gasteiger partial charge in [0.25, 0.3) is 0 Å². The van der Waals surface area contributed by atoms with Crippen LogP contribution in [0.3, 0.4) is 0 Å². The first-order valence-electron chi connectivity index (χ1n) is 7.69. The zero-order valence-electron chi connectivity index (χ0n) is 13.6. The van der Waals surface area contributed by atoms with E-state index in [9.17, 15) is 4.79 Å². The Labute approximate surface area is 145 Å². The van der Waals surface area contributed by atoms with Gasteiger partial charge >= 0.3 is 0 Å². The van der Waals surface area contributed by atoms with E-state index in [2.05, 4.69) is 41.6 Å². The second-order valence-electron chi connectivity index (χ2n) is 5.38. The van der Waals surface area contributed by atoms with Gasteiger partial charge in [0, 0.05) is 12.2 Å². The van der Waals surface area contributed by atoms with Crippen molar-refractivity contribution >= 4 is 39.8 Å². The number of anilines is 2. The number of nitrogens with zero attached hydrogens (tertiary/aromatic N) is 2. The summed E-state index contributed by atoms with van der Waals surface area (Å²) >= 11 is 2.89. The van der Waals surface area contributed by atoms with Crippen molar-refractivity contribution in [2.75, 3.05) is 22.9 Å². The highest BCUT2D eigenvalue weighted by Crippen LogP contribution is 2.27. The number of nitrogens with one attached hydrogen (secondary N) is 2. The van der Waals surface area contributed by atoms with E-state index in [1.807, 2.05) is 24.3 Å². The first kappa shape index (κ1) is 17.7. The Morgan fingerprint density at radius 1 is 1.30 bits per heavy atom. The van der Waals surface area contributed by atoms with Gasteiger partial charge in [-0.15, -0.1) is 10.2 Å². The predicted molar refractivity (Wildman–Crippen MR) is 98.6 cm³/mol. The minimum atomic E-state index is -0.0265. The molecule has 0 spiro atoms. The third kappa shape index (κ3) is 5.51. The molecule has 23 heavy (non-hydrogen) atoms. The van der Waals surface area contributed by atoms with Gasteiger partial charge in [-0.05, 0) is 24.0 Å². The standard InChI is InChI=1S/C16H22N4OS2/c1-4-9-17-15-19-20-16(23-15)22-10-14(21)18-13-8-6-5-7-12(13)11(2)3/h5-8,11H,4,9-10H2,1-3H3,(H,17,19)(H,18,21). The van der Waals surface area contributed by atoms with Crippen LogP contribution in [0.2, 0.25) is 0 Å². The lowest BCUT2D eigenvalue weighted by atomic mass is 10.0. The third-order valence-corrected chi connectivity index (χ3v) is 5.13.